The SMILES string of the molecule is CCC(O)(/C=C/c1ccc(C(CC)(CC)c2ccc(OCc3ccc(C(=O)O)cc3)c(C)c2)cc1C)CC. The number of carboxylic acids is 1. The molecule has 0 radical (unpaired) electrons. The molecular formula is C34H42O4. The minimum absolute atomic E-state index is 0.115. The van der Waals surface area contributed by atoms with E-state index in [2.05, 4.69) is 70.2 Å². The lowest BCUT2D eigenvalue weighted by atomic mass is 9.70. The Balaban J connectivity index is 1.85. The van der Waals surface area contributed by atoms with E-state index in [-0.39, 0.29) is 11.0 Å². The quantitative estimate of drug-likeness (QED) is 0.255. The summed E-state index contributed by atoms with van der Waals surface area (Å²) in [6.45, 7) is 13.1. The zero-order valence-electron chi connectivity index (χ0n) is 23.7. The Kier molecular flexibility index (Phi) is 9.56. The van der Waals surface area contributed by atoms with Crippen LogP contribution in [0.25, 0.3) is 6.08 Å². The van der Waals surface area contributed by atoms with Crippen LogP contribution in [0.3, 0.4) is 0 Å². The standard InChI is InChI=1S/C34H42O4/c1-7-33(37,8-2)20-19-27-15-16-29(21-24(27)5)34(9-3,10-4)30-17-18-31(25(6)22-30)38-23-26-11-13-28(14-12-26)32(35)36/h11-22,37H,7-10,23H2,1-6H3,(H,35,36)/b20-19+. The molecular weight excluding hydrogens is 472 g/mol. The fourth-order valence-electron chi connectivity index (χ4n) is 5.14. The summed E-state index contributed by atoms with van der Waals surface area (Å²) in [7, 11) is 0. The van der Waals surface area contributed by atoms with E-state index in [1.54, 1.807) is 24.3 Å². The molecule has 0 aromatic heterocycles. The van der Waals surface area contributed by atoms with Gasteiger partial charge in [-0.15, -0.1) is 0 Å². The van der Waals surface area contributed by atoms with E-state index in [4.69, 9.17) is 9.84 Å². The molecule has 0 spiro atoms. The van der Waals surface area contributed by atoms with Crippen LogP contribution < -0.4 is 4.74 Å². The van der Waals surface area contributed by atoms with Crippen molar-refractivity contribution < 1.29 is 19.7 Å². The van der Waals surface area contributed by atoms with Gasteiger partial charge in [0.25, 0.3) is 0 Å². The molecule has 0 aliphatic heterocycles. The van der Waals surface area contributed by atoms with Gasteiger partial charge in [-0.1, -0.05) is 82.3 Å². The highest BCUT2D eigenvalue weighted by atomic mass is 16.5. The largest absolute Gasteiger partial charge is 0.489 e. The number of aliphatic hydroxyl groups is 1. The van der Waals surface area contributed by atoms with Gasteiger partial charge in [0, 0.05) is 5.41 Å². The molecule has 0 fully saturated rings. The van der Waals surface area contributed by atoms with E-state index in [9.17, 15) is 9.90 Å². The minimum atomic E-state index is -0.930. The Morgan fingerprint density at radius 1 is 0.816 bits per heavy atom. The van der Waals surface area contributed by atoms with Gasteiger partial charge in [0.15, 0.2) is 0 Å². The number of ether oxygens (including phenoxy) is 1. The van der Waals surface area contributed by atoms with Crippen LogP contribution in [0, 0.1) is 13.8 Å². The number of benzene rings is 3. The summed E-state index contributed by atoms with van der Waals surface area (Å²) in [6, 6.07) is 20.0. The number of carbonyl (C=O) groups is 1. The first-order valence-electron chi connectivity index (χ1n) is 13.7. The summed E-state index contributed by atoms with van der Waals surface area (Å²) in [5.41, 5.74) is 6.30. The van der Waals surface area contributed by atoms with Crippen molar-refractivity contribution in [2.45, 2.75) is 84.8 Å². The summed E-state index contributed by atoms with van der Waals surface area (Å²) in [4.78, 5) is 11.1. The second kappa shape index (κ2) is 12.4. The van der Waals surface area contributed by atoms with Crippen LogP contribution in [0.1, 0.15) is 97.1 Å². The number of rotatable bonds is 12. The van der Waals surface area contributed by atoms with E-state index in [1.807, 2.05) is 19.9 Å². The molecule has 4 nitrogen and oxygen atoms in total. The van der Waals surface area contributed by atoms with Crippen molar-refractivity contribution in [2.24, 2.45) is 0 Å². The van der Waals surface area contributed by atoms with Gasteiger partial charge >= 0.3 is 5.97 Å². The fraction of sp³-hybridized carbons (Fsp3) is 0.382. The zero-order chi connectivity index (χ0) is 27.9. The van der Waals surface area contributed by atoms with E-state index < -0.39 is 11.6 Å². The monoisotopic (exact) mass is 514 g/mol. The molecule has 0 heterocycles. The van der Waals surface area contributed by atoms with E-state index >= 15 is 0 Å². The van der Waals surface area contributed by atoms with Gasteiger partial charge in [-0.2, -0.15) is 0 Å². The predicted octanol–water partition coefficient (Wildman–Crippen LogP) is 8.25. The second-order valence-electron chi connectivity index (χ2n) is 10.3. The van der Waals surface area contributed by atoms with Crippen molar-refractivity contribution in [2.75, 3.05) is 0 Å². The molecule has 3 aromatic carbocycles. The van der Waals surface area contributed by atoms with Crippen LogP contribution in [0.5, 0.6) is 5.75 Å². The third-order valence-corrected chi connectivity index (χ3v) is 8.15. The number of aryl methyl sites for hydroxylation is 2. The van der Waals surface area contributed by atoms with Crippen molar-refractivity contribution in [3.63, 3.8) is 0 Å². The summed E-state index contributed by atoms with van der Waals surface area (Å²) in [6.07, 6.45) is 7.32. The van der Waals surface area contributed by atoms with E-state index in [1.165, 1.54) is 16.7 Å². The molecule has 0 saturated carbocycles. The molecule has 0 aliphatic carbocycles. The lowest BCUT2D eigenvalue weighted by Crippen LogP contribution is -2.26. The lowest BCUT2D eigenvalue weighted by Gasteiger charge is -2.34. The molecule has 0 saturated heterocycles. The summed E-state index contributed by atoms with van der Waals surface area (Å²) in [5, 5.41) is 19.7. The zero-order valence-corrected chi connectivity index (χ0v) is 23.7. The average molecular weight is 515 g/mol. The van der Waals surface area contributed by atoms with Crippen molar-refractivity contribution in [3.8, 4) is 5.75 Å². The molecule has 0 atom stereocenters. The molecule has 3 rings (SSSR count). The van der Waals surface area contributed by atoms with Crippen molar-refractivity contribution >= 4 is 12.0 Å². The summed E-state index contributed by atoms with van der Waals surface area (Å²) < 4.78 is 6.10. The summed E-state index contributed by atoms with van der Waals surface area (Å²) in [5.74, 6) is -0.103. The number of aromatic carboxylic acids is 1. The molecule has 0 aliphatic rings. The molecule has 38 heavy (non-hydrogen) atoms. The first-order valence-corrected chi connectivity index (χ1v) is 13.7. The lowest BCUT2D eigenvalue weighted by molar-refractivity contribution is 0.0696. The van der Waals surface area contributed by atoms with Gasteiger partial charge < -0.3 is 14.9 Å². The third-order valence-electron chi connectivity index (χ3n) is 8.15. The smallest absolute Gasteiger partial charge is 0.335 e. The van der Waals surface area contributed by atoms with Gasteiger partial charge in [0.1, 0.15) is 12.4 Å². The van der Waals surface area contributed by atoms with Crippen molar-refractivity contribution in [1.29, 1.82) is 0 Å². The van der Waals surface area contributed by atoms with Gasteiger partial charge in [-0.25, -0.2) is 4.79 Å². The Morgan fingerprint density at radius 2 is 1.39 bits per heavy atom. The van der Waals surface area contributed by atoms with Gasteiger partial charge in [-0.3, -0.25) is 0 Å². The highest BCUT2D eigenvalue weighted by Gasteiger charge is 2.31. The van der Waals surface area contributed by atoms with Crippen molar-refractivity contribution in [1.82, 2.24) is 0 Å². The second-order valence-corrected chi connectivity index (χ2v) is 10.3. The van der Waals surface area contributed by atoms with Gasteiger partial charge in [0.05, 0.1) is 11.2 Å². The minimum Gasteiger partial charge on any atom is -0.489 e. The van der Waals surface area contributed by atoms with Crippen LogP contribution in [0.2, 0.25) is 0 Å². The third kappa shape index (κ3) is 6.36. The maximum absolute atomic E-state index is 11.1. The predicted molar refractivity (Wildman–Crippen MR) is 156 cm³/mol. The molecule has 0 bridgehead atoms. The Hall–Kier alpha value is -3.37. The number of hydrogen-bond acceptors (Lipinski definition) is 3. The maximum Gasteiger partial charge on any atom is 0.335 e. The van der Waals surface area contributed by atoms with E-state index in [0.717, 1.165) is 35.3 Å². The maximum atomic E-state index is 11.1. The normalized spacial score (nSPS) is 12.2. The van der Waals surface area contributed by atoms with E-state index in [0.29, 0.717) is 19.4 Å². The fourth-order valence-corrected chi connectivity index (χ4v) is 5.14. The molecule has 0 amide bonds. The molecule has 0 unspecified atom stereocenters. The molecule has 4 heteroatoms. The topological polar surface area (TPSA) is 66.8 Å². The highest BCUT2D eigenvalue weighted by molar-refractivity contribution is 5.87. The van der Waals surface area contributed by atoms with Crippen LogP contribution >= 0.6 is 0 Å². The Morgan fingerprint density at radius 3 is 1.89 bits per heavy atom. The molecule has 3 aromatic rings. The van der Waals surface area contributed by atoms with Gasteiger partial charge in [-0.05, 0) is 91.1 Å². The highest BCUT2D eigenvalue weighted by Crippen LogP contribution is 2.41. The summed E-state index contributed by atoms with van der Waals surface area (Å²) >= 11 is 0. The van der Waals surface area contributed by atoms with Crippen LogP contribution in [0.4, 0.5) is 0 Å². The van der Waals surface area contributed by atoms with Crippen LogP contribution in [-0.4, -0.2) is 21.8 Å². The van der Waals surface area contributed by atoms with Crippen LogP contribution in [0.15, 0.2) is 66.7 Å². The molecule has 202 valence electrons. The first-order chi connectivity index (χ1) is 18.1. The Bertz CT molecular complexity index is 1260. The van der Waals surface area contributed by atoms with Crippen LogP contribution in [-0.2, 0) is 12.0 Å². The average Bonchev–Trinajstić information content (AvgIpc) is 2.93. The Labute approximate surface area is 228 Å². The van der Waals surface area contributed by atoms with Crippen molar-refractivity contribution in [3.05, 3.63) is 106 Å². The number of hydrogen-bond donors (Lipinski definition) is 2. The first kappa shape index (κ1) is 29.2. The number of carboxylic acid groups (broad SMARTS) is 1. The van der Waals surface area contributed by atoms with Gasteiger partial charge in [0.2, 0.25) is 0 Å². The molecule has 2 N–H and O–H groups in total.